The Morgan fingerprint density at radius 2 is 2.10 bits per heavy atom. The van der Waals surface area contributed by atoms with E-state index < -0.39 is 0 Å². The highest BCUT2D eigenvalue weighted by Crippen LogP contribution is 2.49. The fraction of sp³-hybridized carbons (Fsp3) is 1.00. The molecule has 2 unspecified atom stereocenters. The number of hydrogen-bond acceptors (Lipinski definition) is 4. The molecular formula is C17H33NO3. The third kappa shape index (κ3) is 5.20. The smallest absolute Gasteiger partial charge is 0.0673 e. The summed E-state index contributed by atoms with van der Waals surface area (Å²) in [5, 5.41) is 3.57. The molecule has 4 nitrogen and oxygen atoms in total. The Balaban J connectivity index is 1.83. The van der Waals surface area contributed by atoms with Crippen LogP contribution in [0.2, 0.25) is 0 Å². The van der Waals surface area contributed by atoms with Crippen LogP contribution in [0.4, 0.5) is 0 Å². The summed E-state index contributed by atoms with van der Waals surface area (Å²) in [5.74, 6) is 1.40. The third-order valence-electron chi connectivity index (χ3n) is 4.71. The van der Waals surface area contributed by atoms with E-state index >= 15 is 0 Å². The molecule has 2 atom stereocenters. The Hall–Kier alpha value is -0.160. The molecule has 0 amide bonds. The van der Waals surface area contributed by atoms with Gasteiger partial charge in [0.15, 0.2) is 0 Å². The summed E-state index contributed by atoms with van der Waals surface area (Å²) in [5.41, 5.74) is 0.270. The molecule has 1 aliphatic carbocycles. The molecule has 0 aromatic rings. The summed E-state index contributed by atoms with van der Waals surface area (Å²) in [7, 11) is 1.75. The van der Waals surface area contributed by atoms with Crippen molar-refractivity contribution < 1.29 is 14.2 Å². The first-order valence-electron chi connectivity index (χ1n) is 8.57. The lowest BCUT2D eigenvalue weighted by Crippen LogP contribution is -2.43. The molecule has 2 fully saturated rings. The van der Waals surface area contributed by atoms with E-state index in [-0.39, 0.29) is 5.41 Å². The highest BCUT2D eigenvalue weighted by atomic mass is 16.5. The molecule has 1 aliphatic heterocycles. The number of methoxy groups -OCH3 is 1. The van der Waals surface area contributed by atoms with Crippen molar-refractivity contribution >= 4 is 0 Å². The molecular weight excluding hydrogens is 266 g/mol. The van der Waals surface area contributed by atoms with Gasteiger partial charge in [0, 0.05) is 45.4 Å². The third-order valence-corrected chi connectivity index (χ3v) is 4.71. The minimum Gasteiger partial charge on any atom is -0.383 e. The maximum Gasteiger partial charge on any atom is 0.0673 e. The lowest BCUT2D eigenvalue weighted by molar-refractivity contribution is 0.00514. The van der Waals surface area contributed by atoms with Crippen molar-refractivity contribution in [3.63, 3.8) is 0 Å². The van der Waals surface area contributed by atoms with E-state index in [9.17, 15) is 0 Å². The van der Waals surface area contributed by atoms with Crippen molar-refractivity contribution in [2.24, 2.45) is 17.3 Å². The van der Waals surface area contributed by atoms with Gasteiger partial charge in [-0.15, -0.1) is 0 Å². The highest BCUT2D eigenvalue weighted by Gasteiger charge is 2.50. The van der Waals surface area contributed by atoms with Gasteiger partial charge in [-0.1, -0.05) is 13.8 Å². The zero-order chi connectivity index (χ0) is 15.1. The average Bonchev–Trinajstić information content (AvgIpc) is 3.22. The standard InChI is InChI=1S/C17H33NO3/c1-14(2)12-20-9-6-17(13-18-8-11-19-3)7-10-21-16(17)15-4-5-15/h14-16,18H,4-13H2,1-3H3. The zero-order valence-electron chi connectivity index (χ0n) is 14.0. The Morgan fingerprint density at radius 1 is 1.29 bits per heavy atom. The first kappa shape index (κ1) is 17.2. The molecule has 0 bridgehead atoms. The number of nitrogens with one attached hydrogen (secondary N) is 1. The summed E-state index contributed by atoms with van der Waals surface area (Å²) in [4.78, 5) is 0. The molecule has 0 spiro atoms. The molecule has 2 aliphatic rings. The number of ether oxygens (including phenoxy) is 3. The van der Waals surface area contributed by atoms with Gasteiger partial charge in [-0.05, 0) is 37.5 Å². The van der Waals surface area contributed by atoms with Gasteiger partial charge in [0.2, 0.25) is 0 Å². The van der Waals surface area contributed by atoms with E-state index in [4.69, 9.17) is 14.2 Å². The van der Waals surface area contributed by atoms with Crippen LogP contribution >= 0.6 is 0 Å². The highest BCUT2D eigenvalue weighted by molar-refractivity contribution is 5.00. The largest absolute Gasteiger partial charge is 0.383 e. The molecule has 0 aromatic heterocycles. The molecule has 21 heavy (non-hydrogen) atoms. The van der Waals surface area contributed by atoms with E-state index in [0.717, 1.165) is 51.9 Å². The summed E-state index contributed by atoms with van der Waals surface area (Å²) >= 11 is 0. The zero-order valence-corrected chi connectivity index (χ0v) is 14.0. The second-order valence-corrected chi connectivity index (χ2v) is 7.13. The minimum atomic E-state index is 0.270. The molecule has 1 N–H and O–H groups in total. The molecule has 1 heterocycles. The van der Waals surface area contributed by atoms with Crippen LogP contribution in [-0.4, -0.2) is 52.7 Å². The van der Waals surface area contributed by atoms with Crippen molar-refractivity contribution in [3.8, 4) is 0 Å². The maximum atomic E-state index is 6.10. The Labute approximate surface area is 129 Å². The van der Waals surface area contributed by atoms with Gasteiger partial charge in [-0.2, -0.15) is 0 Å². The van der Waals surface area contributed by atoms with Crippen molar-refractivity contribution in [1.29, 1.82) is 0 Å². The molecule has 0 radical (unpaired) electrons. The van der Waals surface area contributed by atoms with Gasteiger partial charge in [0.25, 0.3) is 0 Å². The average molecular weight is 299 g/mol. The predicted molar refractivity (Wildman–Crippen MR) is 84.5 cm³/mol. The quantitative estimate of drug-likeness (QED) is 0.595. The summed E-state index contributed by atoms with van der Waals surface area (Å²) < 4.78 is 17.1. The topological polar surface area (TPSA) is 39.7 Å². The second-order valence-electron chi connectivity index (χ2n) is 7.13. The van der Waals surface area contributed by atoms with Crippen LogP contribution < -0.4 is 5.32 Å². The van der Waals surface area contributed by atoms with E-state index in [1.165, 1.54) is 19.3 Å². The Morgan fingerprint density at radius 3 is 2.76 bits per heavy atom. The molecule has 0 aromatic carbocycles. The first-order valence-corrected chi connectivity index (χ1v) is 8.57. The normalized spacial score (nSPS) is 29.4. The molecule has 4 heteroatoms. The first-order chi connectivity index (χ1) is 10.2. The summed E-state index contributed by atoms with van der Waals surface area (Å²) in [6, 6.07) is 0. The van der Waals surface area contributed by atoms with Crippen LogP contribution in [0, 0.1) is 17.3 Å². The SMILES string of the molecule is COCCNCC1(CCOCC(C)C)CCOC1C1CC1. The minimum absolute atomic E-state index is 0.270. The molecule has 1 saturated heterocycles. The second kappa shape index (κ2) is 8.47. The van der Waals surface area contributed by atoms with Crippen LogP contribution in [0.3, 0.4) is 0 Å². The molecule has 2 rings (SSSR count). The Bertz CT molecular complexity index is 294. The van der Waals surface area contributed by atoms with Gasteiger partial charge in [-0.3, -0.25) is 0 Å². The van der Waals surface area contributed by atoms with E-state index in [2.05, 4.69) is 19.2 Å². The van der Waals surface area contributed by atoms with Crippen molar-refractivity contribution in [2.45, 2.75) is 45.6 Å². The maximum absolute atomic E-state index is 6.10. The van der Waals surface area contributed by atoms with Crippen LogP contribution in [-0.2, 0) is 14.2 Å². The van der Waals surface area contributed by atoms with Crippen molar-refractivity contribution in [3.05, 3.63) is 0 Å². The fourth-order valence-electron chi connectivity index (χ4n) is 3.39. The van der Waals surface area contributed by atoms with Crippen LogP contribution in [0.5, 0.6) is 0 Å². The van der Waals surface area contributed by atoms with Crippen LogP contribution in [0.15, 0.2) is 0 Å². The van der Waals surface area contributed by atoms with E-state index in [1.807, 2.05) is 0 Å². The Kier molecular flexibility index (Phi) is 6.93. The summed E-state index contributed by atoms with van der Waals surface area (Å²) in [6.45, 7) is 9.76. The number of rotatable bonds is 11. The summed E-state index contributed by atoms with van der Waals surface area (Å²) in [6.07, 6.45) is 5.41. The lowest BCUT2D eigenvalue weighted by atomic mass is 9.76. The van der Waals surface area contributed by atoms with Gasteiger partial charge in [0.05, 0.1) is 12.7 Å². The number of hydrogen-bond donors (Lipinski definition) is 1. The van der Waals surface area contributed by atoms with Crippen molar-refractivity contribution in [1.82, 2.24) is 5.32 Å². The van der Waals surface area contributed by atoms with Gasteiger partial charge in [-0.25, -0.2) is 0 Å². The van der Waals surface area contributed by atoms with Crippen LogP contribution in [0.25, 0.3) is 0 Å². The van der Waals surface area contributed by atoms with Gasteiger partial charge in [0.1, 0.15) is 0 Å². The van der Waals surface area contributed by atoms with E-state index in [0.29, 0.717) is 12.0 Å². The van der Waals surface area contributed by atoms with E-state index in [1.54, 1.807) is 7.11 Å². The van der Waals surface area contributed by atoms with Crippen molar-refractivity contribution in [2.75, 3.05) is 46.6 Å². The predicted octanol–water partition coefficient (Wildman–Crippen LogP) is 2.47. The van der Waals surface area contributed by atoms with Gasteiger partial charge < -0.3 is 19.5 Å². The molecule has 124 valence electrons. The lowest BCUT2D eigenvalue weighted by Gasteiger charge is -2.35. The monoisotopic (exact) mass is 299 g/mol. The van der Waals surface area contributed by atoms with Crippen LogP contribution in [0.1, 0.15) is 39.5 Å². The van der Waals surface area contributed by atoms with Gasteiger partial charge >= 0.3 is 0 Å². The molecule has 1 saturated carbocycles. The fourth-order valence-corrected chi connectivity index (χ4v) is 3.39.